The number of carbonyl (C=O) groups is 1. The Morgan fingerprint density at radius 2 is 2.38 bits per heavy atom. The predicted octanol–water partition coefficient (Wildman–Crippen LogP) is 3.24. The SMILES string of the molecule is CCCC(SCc1ccco1)C(=O)OCC. The van der Waals surface area contributed by atoms with E-state index in [0.29, 0.717) is 6.61 Å². The molecule has 1 rings (SSSR count). The van der Waals surface area contributed by atoms with Crippen molar-refractivity contribution in [3.8, 4) is 0 Å². The van der Waals surface area contributed by atoms with Gasteiger partial charge in [-0.1, -0.05) is 13.3 Å². The first-order valence-corrected chi connectivity index (χ1v) is 6.63. The fourth-order valence-corrected chi connectivity index (χ4v) is 2.48. The monoisotopic (exact) mass is 242 g/mol. The number of furan rings is 1. The highest BCUT2D eigenvalue weighted by molar-refractivity contribution is 7.99. The molecule has 1 unspecified atom stereocenters. The zero-order chi connectivity index (χ0) is 11.8. The van der Waals surface area contributed by atoms with Crippen molar-refractivity contribution in [2.45, 2.75) is 37.7 Å². The molecule has 0 fully saturated rings. The quantitative estimate of drug-likeness (QED) is 0.688. The molecule has 0 spiro atoms. The van der Waals surface area contributed by atoms with E-state index in [-0.39, 0.29) is 11.2 Å². The lowest BCUT2D eigenvalue weighted by molar-refractivity contribution is -0.142. The molecule has 0 aliphatic heterocycles. The molecule has 0 saturated heterocycles. The highest BCUT2D eigenvalue weighted by Crippen LogP contribution is 2.22. The second-order valence-corrected chi connectivity index (χ2v) is 4.61. The summed E-state index contributed by atoms with van der Waals surface area (Å²) in [6.45, 7) is 4.35. The minimum Gasteiger partial charge on any atom is -0.468 e. The molecule has 16 heavy (non-hydrogen) atoms. The maximum absolute atomic E-state index is 11.6. The summed E-state index contributed by atoms with van der Waals surface area (Å²) in [5, 5.41) is -0.0740. The largest absolute Gasteiger partial charge is 0.468 e. The van der Waals surface area contributed by atoms with Crippen molar-refractivity contribution in [1.82, 2.24) is 0 Å². The second kappa shape index (κ2) is 7.39. The van der Waals surface area contributed by atoms with Crippen LogP contribution in [0.3, 0.4) is 0 Å². The first kappa shape index (κ1) is 13.2. The molecule has 0 N–H and O–H groups in total. The van der Waals surface area contributed by atoms with Gasteiger partial charge < -0.3 is 9.15 Å². The summed E-state index contributed by atoms with van der Waals surface area (Å²) in [5.74, 6) is 1.51. The molecular formula is C12H18O3S. The maximum Gasteiger partial charge on any atom is 0.319 e. The zero-order valence-corrected chi connectivity index (χ0v) is 10.6. The molecule has 0 aromatic carbocycles. The number of rotatable bonds is 7. The summed E-state index contributed by atoms with van der Waals surface area (Å²) >= 11 is 1.58. The summed E-state index contributed by atoms with van der Waals surface area (Å²) in [6.07, 6.45) is 3.48. The second-order valence-electron chi connectivity index (χ2n) is 3.42. The van der Waals surface area contributed by atoms with Crippen LogP contribution in [0.15, 0.2) is 22.8 Å². The minimum atomic E-state index is -0.110. The Hall–Kier alpha value is -0.900. The molecule has 4 heteroatoms. The molecule has 0 bridgehead atoms. The van der Waals surface area contributed by atoms with Gasteiger partial charge in [0.2, 0.25) is 0 Å². The summed E-state index contributed by atoms with van der Waals surface area (Å²) in [6, 6.07) is 3.77. The van der Waals surface area contributed by atoms with Gasteiger partial charge in [0.15, 0.2) is 0 Å². The molecule has 0 radical (unpaired) electrons. The number of thioether (sulfide) groups is 1. The molecule has 1 aromatic heterocycles. The molecule has 0 saturated carbocycles. The lowest BCUT2D eigenvalue weighted by Gasteiger charge is -2.13. The van der Waals surface area contributed by atoms with Crippen molar-refractivity contribution >= 4 is 17.7 Å². The minimum absolute atomic E-state index is 0.0740. The van der Waals surface area contributed by atoms with Crippen LogP contribution in [0.2, 0.25) is 0 Å². The molecule has 1 heterocycles. The standard InChI is InChI=1S/C12H18O3S/c1-3-6-11(12(13)14-4-2)16-9-10-7-5-8-15-10/h5,7-8,11H,3-4,6,9H2,1-2H3. The number of hydrogen-bond acceptors (Lipinski definition) is 4. The van der Waals surface area contributed by atoms with Crippen LogP contribution >= 0.6 is 11.8 Å². The van der Waals surface area contributed by atoms with Crippen molar-refractivity contribution in [3.05, 3.63) is 24.2 Å². The number of hydrogen-bond donors (Lipinski definition) is 0. The van der Waals surface area contributed by atoms with E-state index in [1.165, 1.54) is 0 Å². The van der Waals surface area contributed by atoms with Crippen LogP contribution in [-0.4, -0.2) is 17.8 Å². The van der Waals surface area contributed by atoms with Gasteiger partial charge in [-0.05, 0) is 25.5 Å². The number of esters is 1. The average Bonchev–Trinajstić information content (AvgIpc) is 2.77. The topological polar surface area (TPSA) is 39.4 Å². The maximum atomic E-state index is 11.6. The summed E-state index contributed by atoms with van der Waals surface area (Å²) in [4.78, 5) is 11.6. The first-order chi connectivity index (χ1) is 7.77. The van der Waals surface area contributed by atoms with Crippen LogP contribution in [0.4, 0.5) is 0 Å². The molecular weight excluding hydrogens is 224 g/mol. The Balaban J connectivity index is 2.41. The predicted molar refractivity (Wildman–Crippen MR) is 65.3 cm³/mol. The van der Waals surface area contributed by atoms with Gasteiger partial charge in [-0.15, -0.1) is 11.8 Å². The van der Waals surface area contributed by atoms with Crippen molar-refractivity contribution in [2.24, 2.45) is 0 Å². The average molecular weight is 242 g/mol. The van der Waals surface area contributed by atoms with Crippen LogP contribution in [-0.2, 0) is 15.3 Å². The van der Waals surface area contributed by atoms with Gasteiger partial charge in [-0.3, -0.25) is 4.79 Å². The summed E-state index contributed by atoms with van der Waals surface area (Å²) in [7, 11) is 0. The fraction of sp³-hybridized carbons (Fsp3) is 0.583. The fourth-order valence-electron chi connectivity index (χ4n) is 1.34. The molecule has 0 aliphatic carbocycles. The van der Waals surface area contributed by atoms with Crippen LogP contribution in [0.5, 0.6) is 0 Å². The van der Waals surface area contributed by atoms with E-state index in [1.54, 1.807) is 18.0 Å². The smallest absolute Gasteiger partial charge is 0.319 e. The van der Waals surface area contributed by atoms with Crippen LogP contribution < -0.4 is 0 Å². The zero-order valence-electron chi connectivity index (χ0n) is 9.77. The van der Waals surface area contributed by atoms with Gasteiger partial charge in [-0.2, -0.15) is 0 Å². The van der Waals surface area contributed by atoms with Gasteiger partial charge in [0.25, 0.3) is 0 Å². The van der Waals surface area contributed by atoms with Crippen molar-refractivity contribution < 1.29 is 13.9 Å². The Labute approximate surface area is 101 Å². The van der Waals surface area contributed by atoms with Gasteiger partial charge in [0.1, 0.15) is 11.0 Å². The summed E-state index contributed by atoms with van der Waals surface area (Å²) in [5.41, 5.74) is 0. The van der Waals surface area contributed by atoms with Crippen LogP contribution in [0, 0.1) is 0 Å². The normalized spacial score (nSPS) is 12.4. The molecule has 0 aliphatic rings. The third-order valence-electron chi connectivity index (χ3n) is 2.11. The van der Waals surface area contributed by atoms with Crippen LogP contribution in [0.25, 0.3) is 0 Å². The Kier molecular flexibility index (Phi) is 6.08. The lowest BCUT2D eigenvalue weighted by Crippen LogP contribution is -2.20. The third-order valence-corrected chi connectivity index (χ3v) is 3.39. The van der Waals surface area contributed by atoms with E-state index in [4.69, 9.17) is 9.15 Å². The Morgan fingerprint density at radius 1 is 1.56 bits per heavy atom. The number of carbonyl (C=O) groups excluding carboxylic acids is 1. The van der Waals surface area contributed by atoms with E-state index in [9.17, 15) is 4.79 Å². The summed E-state index contributed by atoms with van der Waals surface area (Å²) < 4.78 is 10.3. The molecule has 3 nitrogen and oxygen atoms in total. The molecule has 1 atom stereocenters. The third kappa shape index (κ3) is 4.31. The first-order valence-electron chi connectivity index (χ1n) is 5.58. The van der Waals surface area contributed by atoms with Gasteiger partial charge in [0, 0.05) is 0 Å². The molecule has 90 valence electrons. The van der Waals surface area contributed by atoms with E-state index < -0.39 is 0 Å². The highest BCUT2D eigenvalue weighted by atomic mass is 32.2. The van der Waals surface area contributed by atoms with E-state index in [2.05, 4.69) is 6.92 Å². The van der Waals surface area contributed by atoms with Crippen molar-refractivity contribution in [2.75, 3.05) is 6.61 Å². The number of ether oxygens (including phenoxy) is 1. The van der Waals surface area contributed by atoms with Gasteiger partial charge in [0.05, 0.1) is 18.6 Å². The van der Waals surface area contributed by atoms with Gasteiger partial charge >= 0.3 is 5.97 Å². The Morgan fingerprint density at radius 3 is 2.94 bits per heavy atom. The van der Waals surface area contributed by atoms with E-state index >= 15 is 0 Å². The molecule has 1 aromatic rings. The van der Waals surface area contributed by atoms with Crippen molar-refractivity contribution in [3.63, 3.8) is 0 Å². The Bertz CT molecular complexity index is 295. The molecule has 0 amide bonds. The van der Waals surface area contributed by atoms with Gasteiger partial charge in [-0.25, -0.2) is 0 Å². The highest BCUT2D eigenvalue weighted by Gasteiger charge is 2.19. The van der Waals surface area contributed by atoms with Crippen molar-refractivity contribution in [1.29, 1.82) is 0 Å². The lowest BCUT2D eigenvalue weighted by atomic mass is 10.2. The van der Waals surface area contributed by atoms with E-state index in [1.807, 2.05) is 19.1 Å². The van der Waals surface area contributed by atoms with E-state index in [0.717, 1.165) is 24.4 Å². The van der Waals surface area contributed by atoms with Crippen LogP contribution in [0.1, 0.15) is 32.4 Å².